The van der Waals surface area contributed by atoms with Crippen LogP contribution in [-0.2, 0) is 6.54 Å². The molecule has 1 aromatic carbocycles. The molecule has 0 spiro atoms. The average Bonchev–Trinajstić information content (AvgIpc) is 2.73. The maximum absolute atomic E-state index is 9.43. The van der Waals surface area contributed by atoms with Crippen LogP contribution < -0.4 is 0 Å². The Morgan fingerprint density at radius 1 is 1.17 bits per heavy atom. The Labute approximate surface area is 106 Å². The van der Waals surface area contributed by atoms with E-state index in [1.165, 1.54) is 0 Å². The van der Waals surface area contributed by atoms with Gasteiger partial charge in [-0.2, -0.15) is 0 Å². The van der Waals surface area contributed by atoms with E-state index < -0.39 is 0 Å². The van der Waals surface area contributed by atoms with Gasteiger partial charge in [-0.3, -0.25) is 4.90 Å². The van der Waals surface area contributed by atoms with Crippen LogP contribution in [0.15, 0.2) is 28.7 Å². The molecule has 2 heterocycles. The lowest BCUT2D eigenvalue weighted by Crippen LogP contribution is -2.43. The largest absolute Gasteiger partial charge is 0.508 e. The molecule has 1 aliphatic heterocycles. The summed E-state index contributed by atoms with van der Waals surface area (Å²) in [6.45, 7) is 5.24. The fourth-order valence-corrected chi connectivity index (χ4v) is 2.39. The van der Waals surface area contributed by atoms with Crippen molar-refractivity contribution in [3.8, 4) is 5.75 Å². The van der Waals surface area contributed by atoms with Crippen LogP contribution in [0.5, 0.6) is 5.75 Å². The third kappa shape index (κ3) is 2.35. The first-order valence-electron chi connectivity index (χ1n) is 6.33. The lowest BCUT2D eigenvalue weighted by Gasteiger charge is -2.31. The molecule has 96 valence electrons. The van der Waals surface area contributed by atoms with Crippen LogP contribution in [-0.4, -0.2) is 48.1 Å². The lowest BCUT2D eigenvalue weighted by molar-refractivity contribution is 0.141. The van der Waals surface area contributed by atoms with Crippen LogP contribution in [0.25, 0.3) is 11.0 Å². The summed E-state index contributed by atoms with van der Waals surface area (Å²) >= 11 is 0. The molecular formula is C14H18N2O2. The van der Waals surface area contributed by atoms with Gasteiger partial charge in [-0.25, -0.2) is 0 Å². The molecule has 1 aliphatic rings. The number of phenolic OH excluding ortho intramolecular Hbond substituents is 1. The quantitative estimate of drug-likeness (QED) is 0.878. The molecule has 0 radical (unpaired) electrons. The van der Waals surface area contributed by atoms with Crippen molar-refractivity contribution in [2.75, 3.05) is 33.2 Å². The summed E-state index contributed by atoms with van der Waals surface area (Å²) in [5.41, 5.74) is 0.844. The minimum atomic E-state index is 0.287. The second-order valence-electron chi connectivity index (χ2n) is 5.01. The van der Waals surface area contributed by atoms with E-state index >= 15 is 0 Å². The molecule has 4 heteroatoms. The molecule has 4 nitrogen and oxygen atoms in total. The molecule has 0 unspecified atom stereocenters. The number of likely N-dealkylation sites (N-methyl/N-ethyl adjacent to an activating group) is 1. The van der Waals surface area contributed by atoms with E-state index in [1.807, 2.05) is 12.1 Å². The van der Waals surface area contributed by atoms with Crippen LogP contribution in [0.3, 0.4) is 0 Å². The van der Waals surface area contributed by atoms with Crippen LogP contribution in [0.2, 0.25) is 0 Å². The van der Waals surface area contributed by atoms with Crippen molar-refractivity contribution < 1.29 is 9.52 Å². The zero-order chi connectivity index (χ0) is 12.5. The van der Waals surface area contributed by atoms with Crippen molar-refractivity contribution in [1.29, 1.82) is 0 Å². The summed E-state index contributed by atoms with van der Waals surface area (Å²) in [6, 6.07) is 7.24. The number of hydrogen-bond acceptors (Lipinski definition) is 4. The number of hydrogen-bond donors (Lipinski definition) is 1. The molecule has 0 atom stereocenters. The highest BCUT2D eigenvalue weighted by Crippen LogP contribution is 2.24. The first kappa shape index (κ1) is 11.6. The number of benzene rings is 1. The van der Waals surface area contributed by atoms with Gasteiger partial charge in [-0.15, -0.1) is 0 Å². The van der Waals surface area contributed by atoms with Gasteiger partial charge < -0.3 is 14.4 Å². The zero-order valence-electron chi connectivity index (χ0n) is 10.6. The number of nitrogens with zero attached hydrogens (tertiary/aromatic N) is 2. The predicted octanol–water partition coefficient (Wildman–Crippen LogP) is 1.89. The van der Waals surface area contributed by atoms with Gasteiger partial charge in [0.25, 0.3) is 0 Å². The first-order valence-corrected chi connectivity index (χ1v) is 6.33. The van der Waals surface area contributed by atoms with E-state index in [9.17, 15) is 5.11 Å². The molecule has 0 bridgehead atoms. The standard InChI is InChI=1S/C14H18N2O2/c1-15-4-6-16(7-5-15)10-13-9-11-8-12(17)2-3-14(11)18-13/h2-3,8-9,17H,4-7,10H2,1H3. The topological polar surface area (TPSA) is 39.9 Å². The molecule has 18 heavy (non-hydrogen) atoms. The van der Waals surface area contributed by atoms with Crippen molar-refractivity contribution in [3.63, 3.8) is 0 Å². The first-order chi connectivity index (χ1) is 8.70. The van der Waals surface area contributed by atoms with Crippen molar-refractivity contribution in [3.05, 3.63) is 30.0 Å². The Hall–Kier alpha value is -1.52. The van der Waals surface area contributed by atoms with Crippen LogP contribution >= 0.6 is 0 Å². The Morgan fingerprint density at radius 3 is 2.72 bits per heavy atom. The van der Waals surface area contributed by atoms with Crippen molar-refractivity contribution >= 4 is 11.0 Å². The summed E-state index contributed by atoms with van der Waals surface area (Å²) < 4.78 is 5.79. The molecule has 3 rings (SSSR count). The third-order valence-corrected chi connectivity index (χ3v) is 3.53. The summed E-state index contributed by atoms with van der Waals surface area (Å²) in [7, 11) is 2.15. The molecule has 1 aromatic heterocycles. The fourth-order valence-electron chi connectivity index (χ4n) is 2.39. The SMILES string of the molecule is CN1CCN(Cc2cc3cc(O)ccc3o2)CC1. The van der Waals surface area contributed by atoms with E-state index in [-0.39, 0.29) is 5.75 Å². The van der Waals surface area contributed by atoms with Gasteiger partial charge in [-0.05, 0) is 31.3 Å². The molecule has 0 amide bonds. The van der Waals surface area contributed by atoms with Gasteiger partial charge in [0.1, 0.15) is 17.1 Å². The number of furan rings is 1. The van der Waals surface area contributed by atoms with Crippen LogP contribution in [0.4, 0.5) is 0 Å². The fraction of sp³-hybridized carbons (Fsp3) is 0.429. The van der Waals surface area contributed by atoms with E-state index in [0.717, 1.165) is 49.5 Å². The van der Waals surface area contributed by atoms with E-state index in [0.29, 0.717) is 0 Å². The normalized spacial score (nSPS) is 18.5. The summed E-state index contributed by atoms with van der Waals surface area (Å²) in [5, 5.41) is 10.4. The number of piperazine rings is 1. The summed E-state index contributed by atoms with van der Waals surface area (Å²) in [4.78, 5) is 4.74. The van der Waals surface area contributed by atoms with Crippen LogP contribution in [0.1, 0.15) is 5.76 Å². The molecule has 1 N–H and O–H groups in total. The highest BCUT2D eigenvalue weighted by atomic mass is 16.3. The average molecular weight is 246 g/mol. The van der Waals surface area contributed by atoms with Gasteiger partial charge in [0, 0.05) is 31.6 Å². The number of fused-ring (bicyclic) bond motifs is 1. The second-order valence-corrected chi connectivity index (χ2v) is 5.01. The lowest BCUT2D eigenvalue weighted by atomic mass is 10.2. The van der Waals surface area contributed by atoms with E-state index in [4.69, 9.17) is 4.42 Å². The molecule has 0 saturated carbocycles. The Kier molecular flexibility index (Phi) is 2.97. The van der Waals surface area contributed by atoms with Crippen molar-refractivity contribution in [2.45, 2.75) is 6.54 Å². The maximum Gasteiger partial charge on any atom is 0.134 e. The van der Waals surface area contributed by atoms with Gasteiger partial charge in [-0.1, -0.05) is 0 Å². The summed E-state index contributed by atoms with van der Waals surface area (Å²) in [6.07, 6.45) is 0. The monoisotopic (exact) mass is 246 g/mol. The predicted molar refractivity (Wildman–Crippen MR) is 70.7 cm³/mol. The minimum absolute atomic E-state index is 0.287. The molecule has 0 aliphatic carbocycles. The highest BCUT2D eigenvalue weighted by Gasteiger charge is 2.15. The smallest absolute Gasteiger partial charge is 0.134 e. The molecule has 2 aromatic rings. The highest BCUT2D eigenvalue weighted by molar-refractivity contribution is 5.79. The Morgan fingerprint density at radius 2 is 1.94 bits per heavy atom. The van der Waals surface area contributed by atoms with Crippen molar-refractivity contribution in [2.24, 2.45) is 0 Å². The van der Waals surface area contributed by atoms with Gasteiger partial charge in [0.2, 0.25) is 0 Å². The number of phenols is 1. The minimum Gasteiger partial charge on any atom is -0.508 e. The number of aromatic hydroxyl groups is 1. The maximum atomic E-state index is 9.43. The summed E-state index contributed by atoms with van der Waals surface area (Å²) in [5.74, 6) is 1.26. The Bertz CT molecular complexity index is 542. The van der Waals surface area contributed by atoms with E-state index in [1.54, 1.807) is 12.1 Å². The second kappa shape index (κ2) is 4.63. The third-order valence-electron chi connectivity index (χ3n) is 3.53. The van der Waals surface area contributed by atoms with Gasteiger partial charge in [0.15, 0.2) is 0 Å². The molecular weight excluding hydrogens is 228 g/mol. The van der Waals surface area contributed by atoms with Crippen molar-refractivity contribution in [1.82, 2.24) is 9.80 Å². The number of rotatable bonds is 2. The van der Waals surface area contributed by atoms with Gasteiger partial charge >= 0.3 is 0 Å². The zero-order valence-corrected chi connectivity index (χ0v) is 10.6. The Balaban J connectivity index is 1.74. The van der Waals surface area contributed by atoms with E-state index in [2.05, 4.69) is 16.8 Å². The van der Waals surface area contributed by atoms with Crippen LogP contribution in [0, 0.1) is 0 Å². The molecule has 1 fully saturated rings. The van der Waals surface area contributed by atoms with Gasteiger partial charge in [0.05, 0.1) is 6.54 Å². The molecule has 1 saturated heterocycles.